The number of para-hydroxylation sites is 1. The average Bonchev–Trinajstić information content (AvgIpc) is 2.45. The normalized spacial score (nSPS) is 10.2. The van der Waals surface area contributed by atoms with Crippen LogP contribution >= 0.6 is 11.8 Å². The van der Waals surface area contributed by atoms with Crippen molar-refractivity contribution < 1.29 is 0 Å². The second kappa shape index (κ2) is 5.16. The molecule has 1 heterocycles. The van der Waals surface area contributed by atoms with E-state index in [-0.39, 0.29) is 5.56 Å². The number of benzene rings is 1. The van der Waals surface area contributed by atoms with Crippen LogP contribution in [0, 0.1) is 11.3 Å². The zero-order valence-corrected chi connectivity index (χ0v) is 11.3. The molecule has 5 nitrogen and oxygen atoms in total. The van der Waals surface area contributed by atoms with Crippen LogP contribution in [0.3, 0.4) is 0 Å². The summed E-state index contributed by atoms with van der Waals surface area (Å²) < 4.78 is 2.33. The van der Waals surface area contributed by atoms with Crippen molar-refractivity contribution in [1.29, 1.82) is 5.26 Å². The highest BCUT2D eigenvalue weighted by atomic mass is 32.2. The van der Waals surface area contributed by atoms with Gasteiger partial charge in [-0.1, -0.05) is 18.2 Å². The fourth-order valence-electron chi connectivity index (χ4n) is 1.79. The van der Waals surface area contributed by atoms with Crippen molar-refractivity contribution in [3.8, 4) is 11.8 Å². The molecule has 2 aromatic rings. The van der Waals surface area contributed by atoms with E-state index in [1.807, 2.05) is 12.1 Å². The van der Waals surface area contributed by atoms with Gasteiger partial charge in [0.05, 0.1) is 5.69 Å². The van der Waals surface area contributed by atoms with Gasteiger partial charge in [0.15, 0.2) is 0 Å². The van der Waals surface area contributed by atoms with Gasteiger partial charge in [-0.05, 0) is 18.4 Å². The second-order valence-electron chi connectivity index (χ2n) is 3.81. The van der Waals surface area contributed by atoms with Gasteiger partial charge in [0.2, 0.25) is 0 Å². The summed E-state index contributed by atoms with van der Waals surface area (Å²) in [4.78, 5) is 24.1. The fraction of sp³-hybridized carbons (Fsp3) is 0.154. The summed E-state index contributed by atoms with van der Waals surface area (Å²) in [5, 5.41) is 9.49. The van der Waals surface area contributed by atoms with Crippen molar-refractivity contribution in [3.63, 3.8) is 0 Å². The smallest absolute Gasteiger partial charge is 0.268 e. The summed E-state index contributed by atoms with van der Waals surface area (Å²) in [6.45, 7) is 0. The third-order valence-corrected chi connectivity index (χ3v) is 3.51. The third kappa shape index (κ3) is 2.09. The SMILES string of the molecule is CSc1c(C#N)c(=O)n(C)c(=O)n1-c1ccccc1. The molecule has 0 aliphatic carbocycles. The molecule has 96 valence electrons. The van der Waals surface area contributed by atoms with Crippen LogP contribution in [0.5, 0.6) is 0 Å². The second-order valence-corrected chi connectivity index (χ2v) is 4.61. The van der Waals surface area contributed by atoms with Gasteiger partial charge >= 0.3 is 5.69 Å². The van der Waals surface area contributed by atoms with E-state index in [0.29, 0.717) is 10.7 Å². The minimum Gasteiger partial charge on any atom is -0.268 e. The molecule has 0 atom stereocenters. The lowest BCUT2D eigenvalue weighted by atomic mass is 10.3. The Hall–Kier alpha value is -2.26. The van der Waals surface area contributed by atoms with Crippen molar-refractivity contribution in [3.05, 3.63) is 56.7 Å². The lowest BCUT2D eigenvalue weighted by Gasteiger charge is -2.13. The minimum absolute atomic E-state index is 0.0153. The Morgan fingerprint density at radius 2 is 1.84 bits per heavy atom. The monoisotopic (exact) mass is 273 g/mol. The Bertz CT molecular complexity index is 769. The fourth-order valence-corrected chi connectivity index (χ4v) is 2.49. The molecule has 0 unspecified atom stereocenters. The van der Waals surface area contributed by atoms with E-state index in [0.717, 1.165) is 4.57 Å². The molecule has 0 aliphatic rings. The number of aromatic nitrogens is 2. The maximum atomic E-state index is 12.2. The number of hydrogen-bond donors (Lipinski definition) is 0. The predicted molar refractivity (Wildman–Crippen MR) is 73.8 cm³/mol. The molecule has 0 N–H and O–H groups in total. The van der Waals surface area contributed by atoms with Gasteiger partial charge in [-0.3, -0.25) is 13.9 Å². The number of nitriles is 1. The van der Waals surface area contributed by atoms with Crippen LogP contribution < -0.4 is 11.2 Å². The Labute approximate surface area is 113 Å². The zero-order chi connectivity index (χ0) is 14.0. The van der Waals surface area contributed by atoms with Crippen LogP contribution in [0.4, 0.5) is 0 Å². The van der Waals surface area contributed by atoms with Crippen LogP contribution in [0.25, 0.3) is 5.69 Å². The first-order valence-electron chi connectivity index (χ1n) is 5.47. The van der Waals surface area contributed by atoms with E-state index in [2.05, 4.69) is 0 Å². The molecular weight excluding hydrogens is 262 g/mol. The summed E-state index contributed by atoms with van der Waals surface area (Å²) in [6, 6.07) is 10.8. The zero-order valence-electron chi connectivity index (χ0n) is 10.5. The number of hydrogen-bond acceptors (Lipinski definition) is 4. The van der Waals surface area contributed by atoms with Crippen LogP contribution in [0.15, 0.2) is 44.9 Å². The number of thioether (sulfide) groups is 1. The highest BCUT2D eigenvalue weighted by Gasteiger charge is 2.17. The molecule has 0 spiro atoms. The number of nitrogens with zero attached hydrogens (tertiary/aromatic N) is 3. The van der Waals surface area contributed by atoms with Crippen molar-refractivity contribution in [2.24, 2.45) is 7.05 Å². The van der Waals surface area contributed by atoms with Gasteiger partial charge in [-0.25, -0.2) is 4.79 Å². The number of rotatable bonds is 2. The van der Waals surface area contributed by atoms with Crippen LogP contribution in [0.2, 0.25) is 0 Å². The van der Waals surface area contributed by atoms with E-state index in [1.54, 1.807) is 30.5 Å². The van der Waals surface area contributed by atoms with Crippen molar-refractivity contribution in [2.75, 3.05) is 6.26 Å². The van der Waals surface area contributed by atoms with Gasteiger partial charge in [0.1, 0.15) is 16.7 Å². The lowest BCUT2D eigenvalue weighted by Crippen LogP contribution is -2.39. The van der Waals surface area contributed by atoms with Gasteiger partial charge < -0.3 is 0 Å². The molecule has 1 aromatic carbocycles. The highest BCUT2D eigenvalue weighted by molar-refractivity contribution is 7.98. The summed E-state index contributed by atoms with van der Waals surface area (Å²) >= 11 is 1.21. The van der Waals surface area contributed by atoms with Gasteiger partial charge in [-0.15, -0.1) is 11.8 Å². The van der Waals surface area contributed by atoms with Gasteiger partial charge in [0.25, 0.3) is 5.56 Å². The van der Waals surface area contributed by atoms with E-state index < -0.39 is 11.2 Å². The van der Waals surface area contributed by atoms with E-state index in [4.69, 9.17) is 5.26 Å². The molecule has 0 radical (unpaired) electrons. The van der Waals surface area contributed by atoms with E-state index >= 15 is 0 Å². The van der Waals surface area contributed by atoms with Crippen LogP contribution in [-0.2, 0) is 7.05 Å². The standard InChI is InChI=1S/C13H11N3O2S/c1-15-11(17)10(8-14)12(19-2)16(13(15)18)9-6-4-3-5-7-9/h3-7H,1-2H3. The largest absolute Gasteiger partial charge is 0.336 e. The minimum atomic E-state index is -0.566. The highest BCUT2D eigenvalue weighted by Crippen LogP contribution is 2.19. The maximum Gasteiger partial charge on any atom is 0.336 e. The average molecular weight is 273 g/mol. The first-order valence-corrected chi connectivity index (χ1v) is 6.69. The molecule has 2 rings (SSSR count). The Balaban J connectivity index is 2.97. The Kier molecular flexibility index (Phi) is 3.58. The quantitative estimate of drug-likeness (QED) is 0.607. The molecule has 0 bridgehead atoms. The maximum absolute atomic E-state index is 12.2. The molecule has 19 heavy (non-hydrogen) atoms. The summed E-state index contributed by atoms with van der Waals surface area (Å²) in [6.07, 6.45) is 1.73. The van der Waals surface area contributed by atoms with Gasteiger partial charge in [0, 0.05) is 7.05 Å². The van der Waals surface area contributed by atoms with Gasteiger partial charge in [-0.2, -0.15) is 5.26 Å². The third-order valence-electron chi connectivity index (χ3n) is 2.73. The molecular formula is C13H11N3O2S. The van der Waals surface area contributed by atoms with Crippen LogP contribution in [0.1, 0.15) is 5.56 Å². The summed E-state index contributed by atoms with van der Waals surface area (Å²) in [5.74, 6) is 0. The predicted octanol–water partition coefficient (Wildman–Crippen LogP) is 1.13. The first kappa shape index (κ1) is 13.2. The molecule has 1 aromatic heterocycles. The molecule has 0 aliphatic heterocycles. The van der Waals surface area contributed by atoms with Crippen molar-refractivity contribution >= 4 is 11.8 Å². The summed E-state index contributed by atoms with van der Waals surface area (Å²) in [5.41, 5.74) is -0.411. The van der Waals surface area contributed by atoms with E-state index in [1.165, 1.54) is 23.4 Å². The Morgan fingerprint density at radius 3 is 2.37 bits per heavy atom. The molecule has 0 amide bonds. The first-order chi connectivity index (χ1) is 9.11. The molecule has 0 saturated carbocycles. The van der Waals surface area contributed by atoms with Crippen LogP contribution in [-0.4, -0.2) is 15.4 Å². The van der Waals surface area contributed by atoms with E-state index in [9.17, 15) is 9.59 Å². The molecule has 0 fully saturated rings. The topological polar surface area (TPSA) is 67.8 Å². The lowest BCUT2D eigenvalue weighted by molar-refractivity contribution is 0.681. The van der Waals surface area contributed by atoms with Crippen molar-refractivity contribution in [2.45, 2.75) is 5.03 Å². The van der Waals surface area contributed by atoms with Crippen molar-refractivity contribution in [1.82, 2.24) is 9.13 Å². The summed E-state index contributed by atoms with van der Waals surface area (Å²) in [7, 11) is 1.37. The molecule has 6 heteroatoms. The Morgan fingerprint density at radius 1 is 1.21 bits per heavy atom. The molecule has 0 saturated heterocycles.